The average Bonchev–Trinajstić information content (AvgIpc) is 3.51. The first kappa shape index (κ1) is 42.7. The maximum Gasteiger partial charge on any atom is 0.319 e. The fraction of sp³-hybridized carbons (Fsp3) is 0.688. The molecule has 1 unspecified atom stereocenters. The van der Waals surface area contributed by atoms with E-state index >= 15 is 0 Å². The number of esters is 1. The van der Waals surface area contributed by atoms with Crippen LogP contribution >= 0.6 is 0 Å². The molecular formula is C32H58N2O7. The molecule has 0 aromatic heterocycles. The lowest BCUT2D eigenvalue weighted by Crippen LogP contribution is -2.26. The van der Waals surface area contributed by atoms with Gasteiger partial charge in [-0.15, -0.1) is 10.1 Å². The molecule has 1 saturated carbocycles. The van der Waals surface area contributed by atoms with E-state index in [1.807, 2.05) is 26.8 Å². The lowest BCUT2D eigenvalue weighted by Gasteiger charge is -2.09. The van der Waals surface area contributed by atoms with Crippen LogP contribution in [0.5, 0.6) is 0 Å². The molecule has 0 radical (unpaired) electrons. The number of hydrogen-bond donors (Lipinski definition) is 2. The van der Waals surface area contributed by atoms with E-state index in [9.17, 15) is 19.7 Å². The lowest BCUT2D eigenvalue weighted by atomic mass is 9.98. The summed E-state index contributed by atoms with van der Waals surface area (Å²) in [6.45, 7) is 7.38. The molecule has 238 valence electrons. The van der Waals surface area contributed by atoms with Gasteiger partial charge in [0.05, 0.1) is 6.54 Å². The first-order valence-electron chi connectivity index (χ1n) is 15.1. The summed E-state index contributed by atoms with van der Waals surface area (Å²) < 4.78 is 4.61. The topological polar surface area (TPSA) is 128 Å². The van der Waals surface area contributed by atoms with Crippen molar-refractivity contribution in [2.75, 3.05) is 27.3 Å². The first-order chi connectivity index (χ1) is 19.9. The van der Waals surface area contributed by atoms with Crippen LogP contribution in [0.4, 0.5) is 0 Å². The van der Waals surface area contributed by atoms with Crippen molar-refractivity contribution in [3.05, 3.63) is 58.2 Å². The number of aldehydes is 1. The van der Waals surface area contributed by atoms with Gasteiger partial charge in [0, 0.05) is 13.5 Å². The Balaban J connectivity index is -0.000000521. The molecule has 1 fully saturated rings. The summed E-state index contributed by atoms with van der Waals surface area (Å²) in [6.07, 6.45) is 20.1. The highest BCUT2D eigenvalue weighted by atomic mass is 17.0. The van der Waals surface area contributed by atoms with Crippen LogP contribution in [-0.2, 0) is 25.6 Å². The van der Waals surface area contributed by atoms with Crippen molar-refractivity contribution in [3.8, 4) is 0 Å². The smallest absolute Gasteiger partial charge is 0.319 e. The molecule has 41 heavy (non-hydrogen) atoms. The zero-order valence-electron chi connectivity index (χ0n) is 26.5. The van der Waals surface area contributed by atoms with Gasteiger partial charge in [0.15, 0.2) is 0 Å². The van der Waals surface area contributed by atoms with Crippen molar-refractivity contribution in [1.82, 2.24) is 5.32 Å². The van der Waals surface area contributed by atoms with Gasteiger partial charge in [-0.2, -0.15) is 0 Å². The van der Waals surface area contributed by atoms with E-state index < -0.39 is 17.2 Å². The van der Waals surface area contributed by atoms with Crippen LogP contribution in [0, 0.1) is 16.0 Å². The Labute approximate surface area is 249 Å². The Kier molecular flexibility index (Phi) is 36.7. The molecule has 0 spiro atoms. The molecule has 1 atom stereocenters. The predicted molar refractivity (Wildman–Crippen MR) is 167 cm³/mol. The molecule has 1 aromatic carbocycles. The Morgan fingerprint density at radius 2 is 1.73 bits per heavy atom. The van der Waals surface area contributed by atoms with E-state index in [-0.39, 0.29) is 13.2 Å². The quantitative estimate of drug-likeness (QED) is 0.0538. The van der Waals surface area contributed by atoms with Crippen LogP contribution in [0.3, 0.4) is 0 Å². The number of allylic oxidation sites excluding steroid dienone is 2. The number of carbonyl (C=O) groups excluding carboxylic acids is 2. The molecule has 2 N–H and O–H groups in total. The van der Waals surface area contributed by atoms with Crippen molar-refractivity contribution in [3.63, 3.8) is 0 Å². The van der Waals surface area contributed by atoms with Crippen molar-refractivity contribution < 1.29 is 29.4 Å². The number of ether oxygens (including phenoxy) is 1. The van der Waals surface area contributed by atoms with Crippen LogP contribution in [0.15, 0.2) is 42.5 Å². The number of aryl methyl sites for hydroxylation is 1. The summed E-state index contributed by atoms with van der Waals surface area (Å²) in [5.41, 5.74) is 1.50. The summed E-state index contributed by atoms with van der Waals surface area (Å²) >= 11 is 0. The third-order valence-corrected chi connectivity index (χ3v) is 5.89. The summed E-state index contributed by atoms with van der Waals surface area (Å²) in [6, 6.07) is 10.9. The van der Waals surface area contributed by atoms with Gasteiger partial charge in [-0.3, -0.25) is 4.79 Å². The molecular weight excluding hydrogens is 524 g/mol. The second-order valence-corrected chi connectivity index (χ2v) is 9.25. The van der Waals surface area contributed by atoms with Crippen molar-refractivity contribution in [1.29, 1.82) is 0 Å². The average molecular weight is 583 g/mol. The number of benzene rings is 1. The van der Waals surface area contributed by atoms with E-state index in [0.29, 0.717) is 6.42 Å². The maximum absolute atomic E-state index is 10.7. The molecule has 1 aromatic rings. The minimum Gasteiger partial charge on any atom is -0.462 e. The Morgan fingerprint density at radius 3 is 2.27 bits per heavy atom. The third-order valence-electron chi connectivity index (χ3n) is 5.89. The molecule has 0 heterocycles. The van der Waals surface area contributed by atoms with Gasteiger partial charge >= 0.3 is 5.97 Å². The van der Waals surface area contributed by atoms with Crippen molar-refractivity contribution in [2.45, 2.75) is 111 Å². The van der Waals surface area contributed by atoms with Gasteiger partial charge in [0.1, 0.15) is 19.0 Å². The zero-order chi connectivity index (χ0) is 31.6. The van der Waals surface area contributed by atoms with Gasteiger partial charge in [-0.25, -0.2) is 0 Å². The highest BCUT2D eigenvalue weighted by Gasteiger charge is 2.13. The molecule has 0 aliphatic heterocycles. The SMILES string of the molecule is C/C=C\CCCC=O.CC.CNCC(=O)OCC(C)O[N+](=O)[O-].CO.c1ccc(CCCCCC2CCCC2)cc1. The van der Waals surface area contributed by atoms with Gasteiger partial charge in [-0.05, 0) is 58.1 Å². The number of carbonyl (C=O) groups is 2. The zero-order valence-corrected chi connectivity index (χ0v) is 26.5. The number of aliphatic hydroxyl groups is 1. The Bertz CT molecular complexity index is 724. The summed E-state index contributed by atoms with van der Waals surface area (Å²) in [7, 11) is 2.60. The van der Waals surface area contributed by atoms with Gasteiger partial charge in [0.25, 0.3) is 5.09 Å². The minimum absolute atomic E-state index is 0.0746. The van der Waals surface area contributed by atoms with E-state index in [4.69, 9.17) is 5.11 Å². The first-order valence-corrected chi connectivity index (χ1v) is 15.1. The summed E-state index contributed by atoms with van der Waals surface area (Å²) in [4.78, 5) is 34.4. The van der Waals surface area contributed by atoms with Crippen LogP contribution in [0.25, 0.3) is 0 Å². The maximum atomic E-state index is 10.7. The Morgan fingerprint density at radius 1 is 1.10 bits per heavy atom. The van der Waals surface area contributed by atoms with Crippen LogP contribution in [-0.4, -0.2) is 55.9 Å². The monoisotopic (exact) mass is 582 g/mol. The van der Waals surface area contributed by atoms with Gasteiger partial charge in [0.2, 0.25) is 0 Å². The Hall–Kier alpha value is -2.78. The van der Waals surface area contributed by atoms with Gasteiger partial charge in [-0.1, -0.05) is 101 Å². The predicted octanol–water partition coefficient (Wildman–Crippen LogP) is 6.89. The molecule has 9 nitrogen and oxygen atoms in total. The molecule has 0 saturated heterocycles. The lowest BCUT2D eigenvalue weighted by molar-refractivity contribution is -0.767. The fourth-order valence-electron chi connectivity index (χ4n) is 3.95. The molecule has 0 bridgehead atoms. The number of unbranched alkanes of at least 4 members (excludes halogenated alkanes) is 4. The van der Waals surface area contributed by atoms with Crippen molar-refractivity contribution in [2.24, 2.45) is 5.92 Å². The van der Waals surface area contributed by atoms with E-state index in [2.05, 4.69) is 51.3 Å². The van der Waals surface area contributed by atoms with E-state index in [0.717, 1.165) is 32.2 Å². The highest BCUT2D eigenvalue weighted by Crippen LogP contribution is 2.29. The molecule has 1 aliphatic rings. The second-order valence-electron chi connectivity index (χ2n) is 9.25. The number of nitrogens with one attached hydrogen (secondary N) is 1. The van der Waals surface area contributed by atoms with Crippen LogP contribution in [0.2, 0.25) is 0 Å². The summed E-state index contributed by atoms with van der Waals surface area (Å²) in [5, 5.41) is 18.5. The number of hydrogen-bond acceptors (Lipinski definition) is 8. The normalized spacial score (nSPS) is 12.6. The molecule has 1 aliphatic carbocycles. The molecule has 0 amide bonds. The van der Waals surface area contributed by atoms with E-state index in [1.54, 1.807) is 7.05 Å². The van der Waals surface area contributed by atoms with Crippen molar-refractivity contribution >= 4 is 12.3 Å². The molecule has 2 rings (SSSR count). The number of nitrogens with zero attached hydrogens (tertiary/aromatic N) is 1. The number of likely N-dealkylation sites (N-methyl/N-ethyl adjacent to an activating group) is 1. The minimum atomic E-state index is -0.920. The van der Waals surface area contributed by atoms with Gasteiger partial charge < -0.3 is 24.8 Å². The van der Waals surface area contributed by atoms with Crippen LogP contribution in [0.1, 0.15) is 104 Å². The van der Waals surface area contributed by atoms with Crippen LogP contribution < -0.4 is 5.32 Å². The highest BCUT2D eigenvalue weighted by molar-refractivity contribution is 5.71. The largest absolute Gasteiger partial charge is 0.462 e. The number of rotatable bonds is 16. The summed E-state index contributed by atoms with van der Waals surface area (Å²) in [5.74, 6) is 0.609. The van der Waals surface area contributed by atoms with E-state index in [1.165, 1.54) is 70.3 Å². The molecule has 9 heteroatoms. The third kappa shape index (κ3) is 33.3. The standard InChI is InChI=1S/C16H24.C7H12O.C6H12N2O5.C2H6.CH4O/c1-3-9-15(10-4-1)11-5-2-6-12-16-13-7-8-14-16;1-2-3-4-5-6-7-8;1-5(13-8(10)11)4-12-6(9)3-7-2;2*1-2/h1,3-4,9-10,16H,2,5-8,11-14H2;2-3,7H,4-6H2,1H3;5,7H,3-4H2,1-2H3;1-2H3;2H,1H3/b;3-2-;;;. The fourth-order valence-corrected chi connectivity index (χ4v) is 3.95. The second kappa shape index (κ2) is 35.2. The number of aliphatic hydroxyl groups excluding tert-OH is 1.